The number of carboxylic acid groups (broad SMARTS) is 1. The second-order valence-electron chi connectivity index (χ2n) is 4.21. The van der Waals surface area contributed by atoms with Crippen molar-refractivity contribution in [1.29, 1.82) is 0 Å². The van der Waals surface area contributed by atoms with Crippen LogP contribution in [-0.2, 0) is 9.59 Å². The number of hydrogen-bond acceptors (Lipinski definition) is 3. The van der Waals surface area contributed by atoms with E-state index in [1.807, 2.05) is 0 Å². The minimum Gasteiger partial charge on any atom is -0.481 e. The molecule has 15 heavy (non-hydrogen) atoms. The van der Waals surface area contributed by atoms with Crippen molar-refractivity contribution >= 4 is 11.9 Å². The van der Waals surface area contributed by atoms with Gasteiger partial charge in [0.15, 0.2) is 0 Å². The average molecular weight is 216 g/mol. The van der Waals surface area contributed by atoms with Crippen LogP contribution in [-0.4, -0.2) is 30.1 Å². The fourth-order valence-corrected chi connectivity index (χ4v) is 1.04. The molecule has 0 heterocycles. The summed E-state index contributed by atoms with van der Waals surface area (Å²) >= 11 is 0. The van der Waals surface area contributed by atoms with Crippen LogP contribution in [0.3, 0.4) is 0 Å². The quantitative estimate of drug-likeness (QED) is 0.535. The van der Waals surface area contributed by atoms with Crippen LogP contribution in [0.2, 0.25) is 0 Å². The number of carboxylic acids is 1. The highest BCUT2D eigenvalue weighted by Crippen LogP contribution is 2.19. The summed E-state index contributed by atoms with van der Waals surface area (Å²) in [5, 5.41) is 11.5. The third-order valence-electron chi connectivity index (χ3n) is 2.13. The van der Waals surface area contributed by atoms with E-state index in [2.05, 4.69) is 5.32 Å². The Morgan fingerprint density at radius 1 is 1.33 bits per heavy atom. The zero-order valence-corrected chi connectivity index (χ0v) is 9.38. The number of nitrogens with two attached hydrogens (primary N) is 1. The van der Waals surface area contributed by atoms with E-state index < -0.39 is 11.4 Å². The maximum absolute atomic E-state index is 11.3. The molecule has 0 unspecified atom stereocenters. The highest BCUT2D eigenvalue weighted by Gasteiger charge is 2.29. The molecule has 0 fully saturated rings. The van der Waals surface area contributed by atoms with Crippen molar-refractivity contribution in [2.24, 2.45) is 11.1 Å². The molecule has 0 atom stereocenters. The second-order valence-corrected chi connectivity index (χ2v) is 4.21. The van der Waals surface area contributed by atoms with E-state index in [0.717, 1.165) is 12.8 Å². The van der Waals surface area contributed by atoms with Gasteiger partial charge in [0, 0.05) is 13.0 Å². The van der Waals surface area contributed by atoms with Crippen molar-refractivity contribution < 1.29 is 14.7 Å². The Labute approximate surface area is 90.0 Å². The number of unbranched alkanes of at least 4 members (excludes halogenated alkanes) is 1. The lowest BCUT2D eigenvalue weighted by Crippen LogP contribution is -2.33. The van der Waals surface area contributed by atoms with Gasteiger partial charge in [0.1, 0.15) is 0 Å². The molecule has 0 radical (unpaired) electrons. The van der Waals surface area contributed by atoms with Gasteiger partial charge in [-0.2, -0.15) is 0 Å². The first-order valence-corrected chi connectivity index (χ1v) is 5.10. The average Bonchev–Trinajstić information content (AvgIpc) is 2.11. The number of carbonyl (C=O) groups excluding carboxylic acids is 1. The van der Waals surface area contributed by atoms with Gasteiger partial charge in [0.25, 0.3) is 0 Å². The molecule has 4 N–H and O–H groups in total. The van der Waals surface area contributed by atoms with Gasteiger partial charge in [0.05, 0.1) is 5.41 Å². The van der Waals surface area contributed by atoms with E-state index in [9.17, 15) is 9.59 Å². The van der Waals surface area contributed by atoms with E-state index in [1.165, 1.54) is 13.8 Å². The maximum Gasteiger partial charge on any atom is 0.309 e. The Kier molecular flexibility index (Phi) is 5.93. The first-order valence-electron chi connectivity index (χ1n) is 5.10. The van der Waals surface area contributed by atoms with Crippen molar-refractivity contribution in [2.45, 2.75) is 33.1 Å². The summed E-state index contributed by atoms with van der Waals surface area (Å²) in [5.41, 5.74) is 4.29. The zero-order chi connectivity index (χ0) is 11.9. The molecule has 0 aromatic carbocycles. The van der Waals surface area contributed by atoms with Crippen LogP contribution < -0.4 is 11.1 Å². The largest absolute Gasteiger partial charge is 0.481 e. The highest BCUT2D eigenvalue weighted by atomic mass is 16.4. The van der Waals surface area contributed by atoms with Gasteiger partial charge in [-0.1, -0.05) is 0 Å². The van der Waals surface area contributed by atoms with Crippen LogP contribution in [0.25, 0.3) is 0 Å². The summed E-state index contributed by atoms with van der Waals surface area (Å²) in [6, 6.07) is 0. The highest BCUT2D eigenvalue weighted by molar-refractivity contribution is 5.84. The number of amides is 1. The number of carbonyl (C=O) groups is 2. The maximum atomic E-state index is 11.3. The van der Waals surface area contributed by atoms with Crippen molar-refractivity contribution in [3.8, 4) is 0 Å². The molecule has 0 spiro atoms. The van der Waals surface area contributed by atoms with Gasteiger partial charge >= 0.3 is 5.97 Å². The molecule has 0 bridgehead atoms. The van der Waals surface area contributed by atoms with E-state index in [0.29, 0.717) is 13.1 Å². The van der Waals surface area contributed by atoms with Gasteiger partial charge in [-0.25, -0.2) is 0 Å². The SMILES string of the molecule is CC(C)(CC(=O)NCCCCN)C(=O)O. The van der Waals surface area contributed by atoms with Crippen LogP contribution in [0, 0.1) is 5.41 Å². The van der Waals surface area contributed by atoms with E-state index in [4.69, 9.17) is 10.8 Å². The van der Waals surface area contributed by atoms with Crippen LogP contribution in [0.5, 0.6) is 0 Å². The lowest BCUT2D eigenvalue weighted by atomic mass is 9.89. The van der Waals surface area contributed by atoms with Crippen molar-refractivity contribution in [3.63, 3.8) is 0 Å². The Bertz CT molecular complexity index is 227. The minimum absolute atomic E-state index is 0.00492. The number of hydrogen-bond donors (Lipinski definition) is 3. The summed E-state index contributed by atoms with van der Waals surface area (Å²) < 4.78 is 0. The van der Waals surface area contributed by atoms with E-state index in [1.54, 1.807) is 0 Å². The lowest BCUT2D eigenvalue weighted by molar-refractivity contribution is -0.149. The number of aliphatic carboxylic acids is 1. The smallest absolute Gasteiger partial charge is 0.309 e. The van der Waals surface area contributed by atoms with Crippen LogP contribution in [0.15, 0.2) is 0 Å². The Morgan fingerprint density at radius 3 is 2.40 bits per heavy atom. The molecule has 0 aliphatic carbocycles. The van der Waals surface area contributed by atoms with E-state index >= 15 is 0 Å². The van der Waals surface area contributed by atoms with Crippen molar-refractivity contribution in [3.05, 3.63) is 0 Å². The predicted octanol–water partition coefficient (Wildman–Crippen LogP) is 0.342. The second kappa shape index (κ2) is 6.40. The molecule has 0 aromatic heterocycles. The van der Waals surface area contributed by atoms with Gasteiger partial charge in [-0.3, -0.25) is 9.59 Å². The zero-order valence-electron chi connectivity index (χ0n) is 9.38. The summed E-state index contributed by atoms with van der Waals surface area (Å²) in [7, 11) is 0. The molecule has 0 saturated carbocycles. The molecular formula is C10H20N2O3. The van der Waals surface area contributed by atoms with Gasteiger partial charge < -0.3 is 16.2 Å². The molecule has 0 aromatic rings. The third-order valence-corrected chi connectivity index (χ3v) is 2.13. The Balaban J connectivity index is 3.79. The van der Waals surface area contributed by atoms with Gasteiger partial charge in [-0.05, 0) is 33.2 Å². The monoisotopic (exact) mass is 216 g/mol. The molecule has 1 amide bonds. The van der Waals surface area contributed by atoms with Crippen LogP contribution in [0.4, 0.5) is 0 Å². The molecule has 88 valence electrons. The molecular weight excluding hydrogens is 196 g/mol. The fourth-order valence-electron chi connectivity index (χ4n) is 1.04. The first kappa shape index (κ1) is 13.9. The van der Waals surface area contributed by atoms with Crippen LogP contribution in [0.1, 0.15) is 33.1 Å². The Hall–Kier alpha value is -1.10. The molecule has 0 saturated heterocycles. The lowest BCUT2D eigenvalue weighted by Gasteiger charge is -2.18. The van der Waals surface area contributed by atoms with Crippen molar-refractivity contribution in [2.75, 3.05) is 13.1 Å². The summed E-state index contributed by atoms with van der Waals surface area (Å²) in [6.07, 6.45) is 1.70. The first-order chi connectivity index (χ1) is 6.90. The number of nitrogens with one attached hydrogen (secondary N) is 1. The summed E-state index contributed by atoms with van der Waals surface area (Å²) in [4.78, 5) is 22.1. The van der Waals surface area contributed by atoms with Crippen molar-refractivity contribution in [1.82, 2.24) is 5.32 Å². The van der Waals surface area contributed by atoms with Gasteiger partial charge in [-0.15, -0.1) is 0 Å². The molecule has 0 aliphatic heterocycles. The molecule has 0 aliphatic rings. The third kappa shape index (κ3) is 6.06. The number of rotatable bonds is 7. The van der Waals surface area contributed by atoms with E-state index in [-0.39, 0.29) is 12.3 Å². The summed E-state index contributed by atoms with van der Waals surface area (Å²) in [6.45, 7) is 4.24. The Morgan fingerprint density at radius 2 is 1.93 bits per heavy atom. The molecule has 5 heteroatoms. The minimum atomic E-state index is -1.00. The fraction of sp³-hybridized carbons (Fsp3) is 0.800. The topological polar surface area (TPSA) is 92.4 Å². The normalized spacial score (nSPS) is 11.1. The van der Waals surface area contributed by atoms with Gasteiger partial charge in [0.2, 0.25) is 5.91 Å². The van der Waals surface area contributed by atoms with Crippen LogP contribution >= 0.6 is 0 Å². The molecule has 5 nitrogen and oxygen atoms in total. The standard InChI is InChI=1S/C10H20N2O3/c1-10(2,9(14)15)7-8(13)12-6-4-3-5-11/h3-7,11H2,1-2H3,(H,12,13)(H,14,15). The molecule has 0 rings (SSSR count). The predicted molar refractivity (Wildman–Crippen MR) is 57.3 cm³/mol. The summed E-state index contributed by atoms with van der Waals surface area (Å²) in [5.74, 6) is -1.18.